The number of thioether (sulfide) groups is 1. The van der Waals surface area contributed by atoms with Gasteiger partial charge in [0.15, 0.2) is 11.5 Å². The van der Waals surface area contributed by atoms with Gasteiger partial charge in [-0.05, 0) is 53.9 Å². The summed E-state index contributed by atoms with van der Waals surface area (Å²) in [6.07, 6.45) is 3.32. The summed E-state index contributed by atoms with van der Waals surface area (Å²) in [5, 5.41) is 14.4. The van der Waals surface area contributed by atoms with Crippen LogP contribution in [0.2, 0.25) is 10.0 Å². The summed E-state index contributed by atoms with van der Waals surface area (Å²) in [5.74, 6) is 2.05. The summed E-state index contributed by atoms with van der Waals surface area (Å²) in [7, 11) is 0. The van der Waals surface area contributed by atoms with E-state index in [9.17, 15) is 0 Å². The first-order chi connectivity index (χ1) is 16.6. The minimum absolute atomic E-state index is 0.340. The molecular formula is C25H22Cl2N4O2S. The molecule has 0 N–H and O–H groups in total. The van der Waals surface area contributed by atoms with E-state index >= 15 is 0 Å². The standard InChI is InChI=1S/C25H22Cl2N4O2S/c1-2-32-24-13-19(9-11-23(24)33-15-20-8-10-21(26)22(27)12-20)14-29-31-17-28-30-25(31)34-16-18-6-4-3-5-7-18/h3-14,17H,2,15-16H2,1H3/b29-14+. The van der Waals surface area contributed by atoms with Crippen LogP contribution in [0.15, 0.2) is 83.3 Å². The van der Waals surface area contributed by atoms with E-state index in [0.29, 0.717) is 39.9 Å². The minimum atomic E-state index is 0.340. The van der Waals surface area contributed by atoms with Gasteiger partial charge < -0.3 is 9.47 Å². The summed E-state index contributed by atoms with van der Waals surface area (Å²) in [6, 6.07) is 21.3. The van der Waals surface area contributed by atoms with E-state index in [1.54, 1.807) is 41.1 Å². The van der Waals surface area contributed by atoms with Gasteiger partial charge in [-0.2, -0.15) is 9.78 Å². The average Bonchev–Trinajstić information content (AvgIpc) is 3.31. The van der Waals surface area contributed by atoms with Crippen molar-refractivity contribution in [3.05, 3.63) is 99.8 Å². The van der Waals surface area contributed by atoms with Crippen LogP contribution in [-0.2, 0) is 12.4 Å². The van der Waals surface area contributed by atoms with Crippen molar-refractivity contribution in [3.63, 3.8) is 0 Å². The molecule has 9 heteroatoms. The Kier molecular flexibility index (Phi) is 8.46. The van der Waals surface area contributed by atoms with Crippen LogP contribution in [0.3, 0.4) is 0 Å². The fraction of sp³-hybridized carbons (Fsp3) is 0.160. The van der Waals surface area contributed by atoms with Crippen LogP contribution in [0.4, 0.5) is 0 Å². The maximum atomic E-state index is 6.10. The highest BCUT2D eigenvalue weighted by molar-refractivity contribution is 7.98. The van der Waals surface area contributed by atoms with Gasteiger partial charge in [0.25, 0.3) is 0 Å². The summed E-state index contributed by atoms with van der Waals surface area (Å²) < 4.78 is 13.4. The van der Waals surface area contributed by atoms with Gasteiger partial charge in [0.05, 0.1) is 22.9 Å². The maximum absolute atomic E-state index is 6.10. The predicted molar refractivity (Wildman–Crippen MR) is 137 cm³/mol. The molecule has 0 spiro atoms. The van der Waals surface area contributed by atoms with Crippen molar-refractivity contribution in [2.45, 2.75) is 24.4 Å². The number of ether oxygens (including phenoxy) is 2. The van der Waals surface area contributed by atoms with Gasteiger partial charge in [0, 0.05) is 5.75 Å². The molecule has 6 nitrogen and oxygen atoms in total. The molecule has 0 aliphatic heterocycles. The maximum Gasteiger partial charge on any atom is 0.212 e. The zero-order chi connectivity index (χ0) is 23.8. The van der Waals surface area contributed by atoms with E-state index in [2.05, 4.69) is 27.4 Å². The van der Waals surface area contributed by atoms with Gasteiger partial charge in [-0.1, -0.05) is 71.4 Å². The first-order valence-electron chi connectivity index (χ1n) is 10.6. The Morgan fingerprint density at radius 2 is 1.79 bits per heavy atom. The van der Waals surface area contributed by atoms with Crippen LogP contribution in [-0.4, -0.2) is 27.7 Å². The van der Waals surface area contributed by atoms with Gasteiger partial charge in [0.2, 0.25) is 5.16 Å². The van der Waals surface area contributed by atoms with E-state index < -0.39 is 0 Å². The predicted octanol–water partition coefficient (Wildman–Crippen LogP) is 6.74. The van der Waals surface area contributed by atoms with E-state index in [0.717, 1.165) is 16.9 Å². The van der Waals surface area contributed by atoms with Crippen LogP contribution >= 0.6 is 35.0 Å². The molecule has 0 radical (unpaired) electrons. The Hall–Kier alpha value is -3.00. The van der Waals surface area contributed by atoms with Crippen LogP contribution in [0, 0.1) is 0 Å². The fourth-order valence-corrected chi connectivity index (χ4v) is 4.17. The third-order valence-electron chi connectivity index (χ3n) is 4.69. The van der Waals surface area contributed by atoms with E-state index in [-0.39, 0.29) is 0 Å². The second kappa shape index (κ2) is 11.9. The molecule has 1 aromatic heterocycles. The van der Waals surface area contributed by atoms with Gasteiger partial charge in [0.1, 0.15) is 12.9 Å². The Labute approximate surface area is 212 Å². The number of nitrogens with zero attached hydrogens (tertiary/aromatic N) is 4. The van der Waals surface area contributed by atoms with Crippen molar-refractivity contribution >= 4 is 41.2 Å². The molecule has 174 valence electrons. The molecule has 0 amide bonds. The third kappa shape index (κ3) is 6.53. The van der Waals surface area contributed by atoms with Crippen molar-refractivity contribution in [1.29, 1.82) is 0 Å². The van der Waals surface area contributed by atoms with E-state index in [1.807, 2.05) is 49.4 Å². The Morgan fingerprint density at radius 1 is 0.941 bits per heavy atom. The van der Waals surface area contributed by atoms with Crippen molar-refractivity contribution in [3.8, 4) is 11.5 Å². The van der Waals surface area contributed by atoms with Crippen LogP contribution < -0.4 is 9.47 Å². The van der Waals surface area contributed by atoms with Gasteiger partial charge in [-0.15, -0.1) is 10.2 Å². The molecule has 0 bridgehead atoms. The molecule has 0 unspecified atom stereocenters. The third-order valence-corrected chi connectivity index (χ3v) is 6.43. The molecule has 0 atom stereocenters. The molecule has 34 heavy (non-hydrogen) atoms. The second-order valence-corrected chi connectivity index (χ2v) is 8.91. The van der Waals surface area contributed by atoms with Crippen molar-refractivity contribution in [2.75, 3.05) is 6.61 Å². The topological polar surface area (TPSA) is 61.5 Å². The normalized spacial score (nSPS) is 11.1. The number of aromatic nitrogens is 3. The van der Waals surface area contributed by atoms with E-state index in [4.69, 9.17) is 32.7 Å². The van der Waals surface area contributed by atoms with Crippen LogP contribution in [0.5, 0.6) is 11.5 Å². The number of hydrogen-bond acceptors (Lipinski definition) is 6. The molecule has 0 aliphatic carbocycles. The summed E-state index contributed by atoms with van der Waals surface area (Å²) in [4.78, 5) is 0. The molecular weight excluding hydrogens is 491 g/mol. The Morgan fingerprint density at radius 3 is 2.59 bits per heavy atom. The lowest BCUT2D eigenvalue weighted by atomic mass is 10.2. The largest absolute Gasteiger partial charge is 0.490 e. The van der Waals surface area contributed by atoms with Crippen molar-refractivity contribution in [1.82, 2.24) is 14.9 Å². The average molecular weight is 513 g/mol. The molecule has 0 saturated heterocycles. The Bertz CT molecular complexity index is 1270. The lowest BCUT2D eigenvalue weighted by Crippen LogP contribution is -2.01. The SMILES string of the molecule is CCOc1cc(/C=N/n2cnnc2SCc2ccccc2)ccc1OCc1ccc(Cl)c(Cl)c1. The summed E-state index contributed by atoms with van der Waals surface area (Å²) in [5.41, 5.74) is 2.98. The molecule has 0 saturated carbocycles. The van der Waals surface area contributed by atoms with Gasteiger partial charge in [-0.3, -0.25) is 0 Å². The Balaban J connectivity index is 1.44. The quantitative estimate of drug-likeness (QED) is 0.174. The molecule has 3 aromatic carbocycles. The molecule has 4 aromatic rings. The zero-order valence-electron chi connectivity index (χ0n) is 18.4. The van der Waals surface area contributed by atoms with Crippen molar-refractivity contribution < 1.29 is 9.47 Å². The highest BCUT2D eigenvalue weighted by atomic mass is 35.5. The van der Waals surface area contributed by atoms with Crippen LogP contribution in [0.1, 0.15) is 23.6 Å². The number of rotatable bonds is 10. The fourth-order valence-electron chi connectivity index (χ4n) is 3.03. The first kappa shape index (κ1) is 24.1. The van der Waals surface area contributed by atoms with Crippen molar-refractivity contribution in [2.24, 2.45) is 5.10 Å². The first-order valence-corrected chi connectivity index (χ1v) is 12.3. The minimum Gasteiger partial charge on any atom is -0.490 e. The number of halogens is 2. The van der Waals surface area contributed by atoms with Gasteiger partial charge >= 0.3 is 0 Å². The number of hydrogen-bond donors (Lipinski definition) is 0. The van der Waals surface area contributed by atoms with E-state index in [1.165, 1.54) is 5.56 Å². The lowest BCUT2D eigenvalue weighted by molar-refractivity contribution is 0.269. The number of benzene rings is 3. The second-order valence-electron chi connectivity index (χ2n) is 7.15. The summed E-state index contributed by atoms with van der Waals surface area (Å²) >= 11 is 13.7. The smallest absolute Gasteiger partial charge is 0.212 e. The molecule has 4 rings (SSSR count). The van der Waals surface area contributed by atoms with Gasteiger partial charge in [-0.25, -0.2) is 0 Å². The molecule has 0 fully saturated rings. The lowest BCUT2D eigenvalue weighted by Gasteiger charge is -2.13. The van der Waals surface area contributed by atoms with Crippen LogP contribution in [0.25, 0.3) is 0 Å². The molecule has 1 heterocycles. The highest BCUT2D eigenvalue weighted by Gasteiger charge is 2.09. The highest BCUT2D eigenvalue weighted by Crippen LogP contribution is 2.30. The zero-order valence-corrected chi connectivity index (χ0v) is 20.7. The summed E-state index contributed by atoms with van der Waals surface area (Å²) in [6.45, 7) is 2.78. The molecule has 0 aliphatic rings. The monoisotopic (exact) mass is 512 g/mol.